The van der Waals surface area contributed by atoms with Crippen LogP contribution in [-0.4, -0.2) is 42.5 Å². The molecule has 3 aromatic rings. The third-order valence-electron chi connectivity index (χ3n) is 7.58. The van der Waals surface area contributed by atoms with Crippen molar-refractivity contribution >= 4 is 17.5 Å². The minimum absolute atomic E-state index is 0.0212. The second-order valence-electron chi connectivity index (χ2n) is 10.2. The van der Waals surface area contributed by atoms with E-state index >= 15 is 0 Å². The van der Waals surface area contributed by atoms with E-state index in [1.165, 1.54) is 0 Å². The molecule has 3 aromatic carbocycles. The number of carbonyl (C=O) groups is 2. The highest BCUT2D eigenvalue weighted by Gasteiger charge is 2.40. The number of carbonyl (C=O) groups excluding carboxylic acids is 2. The molecule has 2 aliphatic rings. The van der Waals surface area contributed by atoms with Crippen molar-refractivity contribution in [3.05, 3.63) is 89.0 Å². The van der Waals surface area contributed by atoms with E-state index in [1.807, 2.05) is 36.4 Å². The van der Waals surface area contributed by atoms with Crippen LogP contribution in [0.3, 0.4) is 0 Å². The van der Waals surface area contributed by atoms with E-state index < -0.39 is 24.5 Å². The van der Waals surface area contributed by atoms with Crippen LogP contribution in [0.5, 0.6) is 0 Å². The van der Waals surface area contributed by atoms with Gasteiger partial charge in [-0.05, 0) is 84.4 Å². The average Bonchev–Trinajstić information content (AvgIpc) is 3.57. The highest BCUT2D eigenvalue weighted by molar-refractivity contribution is 6.05. The summed E-state index contributed by atoms with van der Waals surface area (Å²) in [6.07, 6.45) is -0.638. The maximum Gasteiger partial charge on any atom is 0.405 e. The molecule has 8 heteroatoms. The van der Waals surface area contributed by atoms with Gasteiger partial charge in [-0.2, -0.15) is 13.2 Å². The van der Waals surface area contributed by atoms with Crippen LogP contribution in [0.15, 0.2) is 66.7 Å². The molecule has 204 valence electrons. The zero-order chi connectivity index (χ0) is 27.6. The fourth-order valence-electron chi connectivity index (χ4n) is 5.93. The number of rotatable bonds is 8. The lowest BCUT2D eigenvalue weighted by molar-refractivity contribution is -0.138. The summed E-state index contributed by atoms with van der Waals surface area (Å²) in [4.78, 5) is 28.9. The largest absolute Gasteiger partial charge is 0.405 e. The average molecular weight is 536 g/mol. The molecule has 39 heavy (non-hydrogen) atoms. The Morgan fingerprint density at radius 3 is 2.36 bits per heavy atom. The first-order valence-corrected chi connectivity index (χ1v) is 13.5. The Morgan fingerprint density at radius 2 is 1.67 bits per heavy atom. The molecule has 0 aromatic heterocycles. The number of amides is 2. The maximum absolute atomic E-state index is 13.4. The fraction of sp³-hybridized carbons (Fsp3) is 0.355. The quantitative estimate of drug-likeness (QED) is 0.339. The number of alkyl halides is 3. The molecule has 5 nitrogen and oxygen atoms in total. The topological polar surface area (TPSA) is 61.4 Å². The maximum atomic E-state index is 13.4. The minimum Gasteiger partial charge on any atom is -0.346 e. The molecule has 1 saturated heterocycles. The number of likely N-dealkylation sites (tertiary alicyclic amines) is 1. The van der Waals surface area contributed by atoms with Gasteiger partial charge in [0.25, 0.3) is 5.91 Å². The van der Waals surface area contributed by atoms with E-state index in [-0.39, 0.29) is 11.9 Å². The van der Waals surface area contributed by atoms with Crippen LogP contribution in [0.25, 0.3) is 11.1 Å². The minimum atomic E-state index is -4.51. The van der Waals surface area contributed by atoms with Gasteiger partial charge >= 0.3 is 6.18 Å². The number of hydrogen-bond donors (Lipinski definition) is 2. The summed E-state index contributed by atoms with van der Waals surface area (Å²) < 4.78 is 39.2. The number of nitrogens with zero attached hydrogens (tertiary/aromatic N) is 1. The van der Waals surface area contributed by atoms with Crippen LogP contribution in [0, 0.1) is 0 Å². The molecule has 5 rings (SSSR count). The Hall–Kier alpha value is -3.65. The first kappa shape index (κ1) is 26.9. The molecule has 0 spiro atoms. The standard InChI is InChI=1S/C31H32F3N3O2/c1-2-10-26(37-15-8-9-16-37)25-18-21(36-29(38)20-11-4-3-5-12-20)17-24-22-13-6-7-14-23(22)28(27(24)25)30(39)35-19-31(32,33)34/h3-7,11-14,17-18,26,28H,2,8-10,15-16,19H2,1H3,(H,35,39)(H,36,38). The second-order valence-corrected chi connectivity index (χ2v) is 10.2. The van der Waals surface area contributed by atoms with Gasteiger partial charge in [-0.3, -0.25) is 14.5 Å². The smallest absolute Gasteiger partial charge is 0.346 e. The van der Waals surface area contributed by atoms with Crippen LogP contribution >= 0.6 is 0 Å². The van der Waals surface area contributed by atoms with Crippen molar-refractivity contribution in [3.63, 3.8) is 0 Å². The van der Waals surface area contributed by atoms with Crippen molar-refractivity contribution in [2.24, 2.45) is 0 Å². The van der Waals surface area contributed by atoms with Gasteiger partial charge in [0.15, 0.2) is 0 Å². The van der Waals surface area contributed by atoms with Gasteiger partial charge in [-0.1, -0.05) is 55.8 Å². The number of nitrogens with one attached hydrogen (secondary N) is 2. The van der Waals surface area contributed by atoms with Crippen molar-refractivity contribution < 1.29 is 22.8 Å². The molecule has 0 bridgehead atoms. The molecule has 1 heterocycles. The Labute approximate surface area is 226 Å². The molecule has 1 fully saturated rings. The molecular formula is C31H32F3N3O2. The van der Waals surface area contributed by atoms with Crippen LogP contribution < -0.4 is 10.6 Å². The summed E-state index contributed by atoms with van der Waals surface area (Å²) in [5, 5.41) is 5.16. The van der Waals surface area contributed by atoms with Gasteiger partial charge in [-0.25, -0.2) is 0 Å². The van der Waals surface area contributed by atoms with Gasteiger partial charge in [0.05, 0.1) is 5.92 Å². The second kappa shape index (κ2) is 11.2. The summed E-state index contributed by atoms with van der Waals surface area (Å²) in [5.41, 5.74) is 5.00. The lowest BCUT2D eigenvalue weighted by Gasteiger charge is -2.31. The summed E-state index contributed by atoms with van der Waals surface area (Å²) in [7, 11) is 0. The van der Waals surface area contributed by atoms with E-state index in [9.17, 15) is 22.8 Å². The number of halogens is 3. The number of fused-ring (bicyclic) bond motifs is 3. The fourth-order valence-corrected chi connectivity index (χ4v) is 5.93. The third kappa shape index (κ3) is 5.71. The molecule has 2 atom stereocenters. The Kier molecular flexibility index (Phi) is 7.75. The zero-order valence-corrected chi connectivity index (χ0v) is 21.9. The summed E-state index contributed by atoms with van der Waals surface area (Å²) >= 11 is 0. The Balaban J connectivity index is 1.64. The molecule has 2 amide bonds. The molecule has 2 unspecified atom stereocenters. The van der Waals surface area contributed by atoms with Crippen molar-refractivity contribution in [1.29, 1.82) is 0 Å². The summed E-state index contributed by atoms with van der Waals surface area (Å²) in [6, 6.07) is 20.0. The molecule has 0 saturated carbocycles. The lowest BCUT2D eigenvalue weighted by atomic mass is 9.86. The highest BCUT2D eigenvalue weighted by atomic mass is 19.4. The van der Waals surface area contributed by atoms with E-state index in [1.54, 1.807) is 30.3 Å². The normalized spacial score (nSPS) is 17.4. The Morgan fingerprint density at radius 1 is 0.974 bits per heavy atom. The van der Waals surface area contributed by atoms with Gasteiger partial charge in [-0.15, -0.1) is 0 Å². The van der Waals surface area contributed by atoms with Gasteiger partial charge in [0, 0.05) is 17.3 Å². The summed E-state index contributed by atoms with van der Waals surface area (Å²) in [5.74, 6) is -1.78. The molecule has 1 aliphatic heterocycles. The van der Waals surface area contributed by atoms with Gasteiger partial charge in [0.1, 0.15) is 6.54 Å². The van der Waals surface area contributed by atoms with Crippen molar-refractivity contribution in [2.75, 3.05) is 25.0 Å². The van der Waals surface area contributed by atoms with E-state index in [4.69, 9.17) is 0 Å². The van der Waals surface area contributed by atoms with Crippen LogP contribution in [0.4, 0.5) is 18.9 Å². The summed E-state index contributed by atoms with van der Waals surface area (Å²) in [6.45, 7) is 2.55. The van der Waals surface area contributed by atoms with E-state index in [0.717, 1.165) is 61.0 Å². The van der Waals surface area contributed by atoms with Crippen LogP contribution in [0.2, 0.25) is 0 Å². The first-order valence-electron chi connectivity index (χ1n) is 13.5. The first-order chi connectivity index (χ1) is 18.8. The van der Waals surface area contributed by atoms with Crippen molar-refractivity contribution in [1.82, 2.24) is 10.2 Å². The molecule has 0 radical (unpaired) electrons. The van der Waals surface area contributed by atoms with E-state index in [2.05, 4.69) is 22.5 Å². The number of hydrogen-bond acceptors (Lipinski definition) is 3. The molecular weight excluding hydrogens is 503 g/mol. The molecule has 2 N–H and O–H groups in total. The predicted octanol–water partition coefficient (Wildman–Crippen LogP) is 6.67. The number of anilines is 1. The molecule has 1 aliphatic carbocycles. The zero-order valence-electron chi connectivity index (χ0n) is 21.9. The van der Waals surface area contributed by atoms with E-state index in [0.29, 0.717) is 16.8 Å². The van der Waals surface area contributed by atoms with Crippen molar-refractivity contribution in [2.45, 2.75) is 50.7 Å². The SMILES string of the molecule is CCCC(c1cc(NC(=O)c2ccccc2)cc2c1C(C(=O)NCC(F)(F)F)c1ccccc1-2)N1CCCC1. The van der Waals surface area contributed by atoms with Crippen LogP contribution in [-0.2, 0) is 4.79 Å². The van der Waals surface area contributed by atoms with Crippen molar-refractivity contribution in [3.8, 4) is 11.1 Å². The third-order valence-corrected chi connectivity index (χ3v) is 7.58. The van der Waals surface area contributed by atoms with Crippen LogP contribution in [0.1, 0.15) is 71.6 Å². The predicted molar refractivity (Wildman–Crippen MR) is 146 cm³/mol. The number of benzene rings is 3. The highest BCUT2D eigenvalue weighted by Crippen LogP contribution is 2.50. The van der Waals surface area contributed by atoms with Gasteiger partial charge in [0.2, 0.25) is 5.91 Å². The monoisotopic (exact) mass is 535 g/mol. The lowest BCUT2D eigenvalue weighted by Crippen LogP contribution is -2.37. The Bertz CT molecular complexity index is 1350. The van der Waals surface area contributed by atoms with Gasteiger partial charge < -0.3 is 10.6 Å².